The minimum absolute atomic E-state index is 0.397. The van der Waals surface area contributed by atoms with Gasteiger partial charge in [0.05, 0.1) is 36.2 Å². The van der Waals surface area contributed by atoms with E-state index in [1.54, 1.807) is 28.0 Å². The Morgan fingerprint density at radius 2 is 1.95 bits per heavy atom. The van der Waals surface area contributed by atoms with E-state index >= 15 is 0 Å². The van der Waals surface area contributed by atoms with Gasteiger partial charge in [0, 0.05) is 36.5 Å². The Morgan fingerprint density at radius 3 is 2.73 bits per heavy atom. The lowest BCUT2D eigenvalue weighted by Crippen LogP contribution is -1.95. The zero-order valence-corrected chi connectivity index (χ0v) is 11.7. The van der Waals surface area contributed by atoms with Crippen molar-refractivity contribution in [3.8, 4) is 16.9 Å². The van der Waals surface area contributed by atoms with Crippen molar-refractivity contribution >= 4 is 10.9 Å². The van der Waals surface area contributed by atoms with Crippen LogP contribution in [0.3, 0.4) is 0 Å². The summed E-state index contributed by atoms with van der Waals surface area (Å²) in [5.41, 5.74) is 3.05. The first-order valence-corrected chi connectivity index (χ1v) is 6.64. The molecule has 7 heteroatoms. The molecule has 0 fully saturated rings. The lowest BCUT2D eigenvalue weighted by Gasteiger charge is -1.98. The average molecular weight is 294 g/mol. The van der Waals surface area contributed by atoms with Crippen molar-refractivity contribution in [2.45, 2.75) is 0 Å². The van der Waals surface area contributed by atoms with E-state index in [0.29, 0.717) is 5.69 Å². The quantitative estimate of drug-likeness (QED) is 0.569. The Morgan fingerprint density at radius 1 is 1.05 bits per heavy atom. The number of halogens is 1. The highest BCUT2D eigenvalue weighted by atomic mass is 19.1. The van der Waals surface area contributed by atoms with Gasteiger partial charge in [0.15, 0.2) is 0 Å². The molecule has 4 rings (SSSR count). The molecule has 0 aliphatic rings. The summed E-state index contributed by atoms with van der Waals surface area (Å²) in [5.74, 6) is -0.397. The second kappa shape index (κ2) is 4.73. The van der Waals surface area contributed by atoms with Gasteiger partial charge in [-0.1, -0.05) is 0 Å². The van der Waals surface area contributed by atoms with E-state index in [2.05, 4.69) is 20.2 Å². The monoisotopic (exact) mass is 294 g/mol. The van der Waals surface area contributed by atoms with Gasteiger partial charge in [-0.05, 0) is 6.07 Å². The summed E-state index contributed by atoms with van der Waals surface area (Å²) in [6.45, 7) is 0. The highest BCUT2D eigenvalue weighted by Gasteiger charge is 2.08. The van der Waals surface area contributed by atoms with Crippen molar-refractivity contribution in [2.24, 2.45) is 7.05 Å². The normalized spacial score (nSPS) is 11.2. The second-order valence-electron chi connectivity index (χ2n) is 4.97. The van der Waals surface area contributed by atoms with Crippen molar-refractivity contribution in [2.75, 3.05) is 0 Å². The molecular formula is C15H11FN6. The van der Waals surface area contributed by atoms with Crippen molar-refractivity contribution in [1.82, 2.24) is 29.5 Å². The SMILES string of the molecule is Cn1cc(-c2cc3cn(-c4cncc(F)c4)nc3cn2)cn1. The molecule has 0 aliphatic carbocycles. The molecule has 22 heavy (non-hydrogen) atoms. The van der Waals surface area contributed by atoms with Crippen LogP contribution in [0.4, 0.5) is 4.39 Å². The van der Waals surface area contributed by atoms with E-state index in [1.165, 1.54) is 6.07 Å². The molecule has 0 spiro atoms. The molecule has 0 unspecified atom stereocenters. The molecule has 0 atom stereocenters. The third-order valence-electron chi connectivity index (χ3n) is 3.35. The maximum absolute atomic E-state index is 13.3. The van der Waals surface area contributed by atoms with Gasteiger partial charge in [-0.15, -0.1) is 0 Å². The van der Waals surface area contributed by atoms with Crippen LogP contribution in [0.2, 0.25) is 0 Å². The van der Waals surface area contributed by atoms with Crippen LogP contribution in [-0.2, 0) is 7.05 Å². The fourth-order valence-electron chi connectivity index (χ4n) is 2.30. The molecule has 0 bridgehead atoms. The van der Waals surface area contributed by atoms with Crippen molar-refractivity contribution in [1.29, 1.82) is 0 Å². The summed E-state index contributed by atoms with van der Waals surface area (Å²) >= 11 is 0. The van der Waals surface area contributed by atoms with Crippen LogP contribution in [0.25, 0.3) is 27.8 Å². The number of aromatic nitrogens is 6. The Labute approximate surface area is 124 Å². The van der Waals surface area contributed by atoms with Crippen LogP contribution in [0.1, 0.15) is 0 Å². The molecule has 0 aliphatic heterocycles. The number of pyridine rings is 2. The maximum atomic E-state index is 13.3. The smallest absolute Gasteiger partial charge is 0.143 e. The van der Waals surface area contributed by atoms with E-state index in [4.69, 9.17) is 0 Å². The van der Waals surface area contributed by atoms with Gasteiger partial charge < -0.3 is 0 Å². The summed E-state index contributed by atoms with van der Waals surface area (Å²) in [6.07, 6.45) is 9.90. The standard InChI is InChI=1S/C15H11FN6/c1-21-8-11(4-19-21)14-2-10-9-22(20-15(10)7-18-14)13-3-12(16)5-17-6-13/h2-9H,1H3. The van der Waals surface area contributed by atoms with Crippen LogP contribution in [-0.4, -0.2) is 29.5 Å². The number of hydrogen-bond donors (Lipinski definition) is 0. The summed E-state index contributed by atoms with van der Waals surface area (Å²) in [4.78, 5) is 8.23. The van der Waals surface area contributed by atoms with E-state index in [9.17, 15) is 4.39 Å². The number of rotatable bonds is 2. The zero-order valence-electron chi connectivity index (χ0n) is 11.7. The highest BCUT2D eigenvalue weighted by Crippen LogP contribution is 2.21. The Kier molecular flexibility index (Phi) is 2.72. The Bertz CT molecular complexity index is 971. The summed E-state index contributed by atoms with van der Waals surface area (Å²) in [7, 11) is 1.86. The van der Waals surface area contributed by atoms with Gasteiger partial charge >= 0.3 is 0 Å². The first-order valence-electron chi connectivity index (χ1n) is 6.64. The topological polar surface area (TPSA) is 61.4 Å². The fourth-order valence-corrected chi connectivity index (χ4v) is 2.30. The first-order chi connectivity index (χ1) is 10.7. The highest BCUT2D eigenvalue weighted by molar-refractivity contribution is 5.81. The second-order valence-corrected chi connectivity index (χ2v) is 4.97. The largest absolute Gasteiger partial charge is 0.275 e. The van der Waals surface area contributed by atoms with Crippen LogP contribution in [0, 0.1) is 5.82 Å². The zero-order chi connectivity index (χ0) is 15.1. The molecule has 4 aromatic heterocycles. The van der Waals surface area contributed by atoms with Gasteiger partial charge in [0.25, 0.3) is 0 Å². The minimum Gasteiger partial charge on any atom is -0.275 e. The van der Waals surface area contributed by atoms with E-state index in [-0.39, 0.29) is 0 Å². The molecule has 0 saturated carbocycles. The fraction of sp³-hybridized carbons (Fsp3) is 0.0667. The molecule has 4 heterocycles. The molecule has 6 nitrogen and oxygen atoms in total. The first kappa shape index (κ1) is 12.6. The summed E-state index contributed by atoms with van der Waals surface area (Å²) in [6, 6.07) is 3.32. The van der Waals surface area contributed by atoms with Crippen molar-refractivity contribution in [3.05, 3.63) is 55.1 Å². The predicted molar refractivity (Wildman–Crippen MR) is 78.8 cm³/mol. The third-order valence-corrected chi connectivity index (χ3v) is 3.35. The van der Waals surface area contributed by atoms with Crippen LogP contribution in [0.15, 0.2) is 49.3 Å². The molecule has 0 N–H and O–H groups in total. The van der Waals surface area contributed by atoms with Gasteiger partial charge in [-0.25, -0.2) is 9.07 Å². The van der Waals surface area contributed by atoms with E-state index in [1.807, 2.05) is 25.5 Å². The van der Waals surface area contributed by atoms with Gasteiger partial charge in [0.2, 0.25) is 0 Å². The van der Waals surface area contributed by atoms with Crippen LogP contribution in [0.5, 0.6) is 0 Å². The molecule has 108 valence electrons. The summed E-state index contributed by atoms with van der Waals surface area (Å²) in [5, 5.41) is 9.45. The van der Waals surface area contributed by atoms with E-state index < -0.39 is 5.82 Å². The third kappa shape index (κ3) is 2.12. The molecule has 4 aromatic rings. The average Bonchev–Trinajstić information content (AvgIpc) is 3.12. The molecule has 0 amide bonds. The number of fused-ring (bicyclic) bond motifs is 1. The van der Waals surface area contributed by atoms with E-state index in [0.717, 1.165) is 28.4 Å². The van der Waals surface area contributed by atoms with Gasteiger partial charge in [-0.2, -0.15) is 10.2 Å². The maximum Gasteiger partial charge on any atom is 0.143 e. The predicted octanol–water partition coefficient (Wildman–Crippen LogP) is 2.36. The Balaban J connectivity index is 1.81. The lowest BCUT2D eigenvalue weighted by molar-refractivity contribution is 0.618. The number of hydrogen-bond acceptors (Lipinski definition) is 4. The van der Waals surface area contributed by atoms with Gasteiger partial charge in [-0.3, -0.25) is 14.6 Å². The van der Waals surface area contributed by atoms with Crippen LogP contribution < -0.4 is 0 Å². The van der Waals surface area contributed by atoms with Gasteiger partial charge in [0.1, 0.15) is 11.3 Å². The van der Waals surface area contributed by atoms with Crippen molar-refractivity contribution < 1.29 is 4.39 Å². The molecule has 0 aromatic carbocycles. The molecule has 0 saturated heterocycles. The minimum atomic E-state index is -0.397. The van der Waals surface area contributed by atoms with Crippen LogP contribution >= 0.6 is 0 Å². The molecule has 0 radical (unpaired) electrons. The summed E-state index contributed by atoms with van der Waals surface area (Å²) < 4.78 is 16.6. The lowest BCUT2D eigenvalue weighted by atomic mass is 10.2. The van der Waals surface area contributed by atoms with Crippen molar-refractivity contribution in [3.63, 3.8) is 0 Å². The number of nitrogens with zero attached hydrogens (tertiary/aromatic N) is 6. The molecular weight excluding hydrogens is 283 g/mol. The number of aryl methyl sites for hydroxylation is 1. The Hall–Kier alpha value is -3.09.